The molecule has 168 valence electrons. The van der Waals surface area contributed by atoms with E-state index < -0.39 is 55.2 Å². The largest absolute Gasteiger partial charge is 0.455 e. The summed E-state index contributed by atoms with van der Waals surface area (Å²) in [6, 6.07) is 8.25. The average molecular weight is 434 g/mol. The number of carbonyl (C=O) groups is 3. The monoisotopic (exact) mass is 434 g/mol. The molecule has 2 aliphatic rings. The van der Waals surface area contributed by atoms with Crippen molar-refractivity contribution in [2.45, 2.75) is 56.4 Å². The molecule has 0 bridgehead atoms. The van der Waals surface area contributed by atoms with Gasteiger partial charge in [-0.3, -0.25) is 9.59 Å². The Morgan fingerprint density at radius 3 is 2.23 bits per heavy atom. The highest BCUT2D eigenvalue weighted by Crippen LogP contribution is 2.30. The number of aliphatic hydroxyl groups excluding tert-OH is 1. The third-order valence-electron chi connectivity index (χ3n) is 4.99. The van der Waals surface area contributed by atoms with E-state index in [1.807, 2.05) is 0 Å². The summed E-state index contributed by atoms with van der Waals surface area (Å²) in [5.41, 5.74) is 0.278. The molecule has 0 saturated carbocycles. The number of hydrogen-bond acceptors (Lipinski definition) is 9. The molecule has 5 atom stereocenters. The van der Waals surface area contributed by atoms with Gasteiger partial charge in [-0.15, -0.1) is 0 Å². The first kappa shape index (κ1) is 22.9. The smallest absolute Gasteiger partial charge is 0.338 e. The summed E-state index contributed by atoms with van der Waals surface area (Å²) in [4.78, 5) is 37.5. The zero-order valence-electron chi connectivity index (χ0n) is 17.2. The third-order valence-corrected chi connectivity index (χ3v) is 4.99. The number of aliphatic hydroxyl groups is 1. The van der Waals surface area contributed by atoms with Crippen molar-refractivity contribution in [2.24, 2.45) is 0 Å². The number of fused-ring (bicyclic) bond motifs is 1. The van der Waals surface area contributed by atoms with E-state index in [2.05, 4.69) is 0 Å². The number of methoxy groups -OCH3 is 1. The zero-order chi connectivity index (χ0) is 22.2. The Hall–Kier alpha value is -2.75. The number of carbonyl (C=O) groups excluding carboxylic acids is 3. The van der Waals surface area contributed by atoms with Crippen molar-refractivity contribution in [1.29, 1.82) is 0 Å². The van der Waals surface area contributed by atoms with Crippen molar-refractivity contribution in [3.05, 3.63) is 48.0 Å². The summed E-state index contributed by atoms with van der Waals surface area (Å²) in [6.45, 7) is -0.523. The van der Waals surface area contributed by atoms with E-state index in [0.29, 0.717) is 12.8 Å². The van der Waals surface area contributed by atoms with Gasteiger partial charge in [-0.05, 0) is 25.0 Å². The van der Waals surface area contributed by atoms with Gasteiger partial charge in [0.2, 0.25) is 0 Å². The van der Waals surface area contributed by atoms with Gasteiger partial charge in [0.05, 0.1) is 12.2 Å². The maximum atomic E-state index is 12.7. The Kier molecular flexibility index (Phi) is 8.16. The van der Waals surface area contributed by atoms with Crippen LogP contribution < -0.4 is 0 Å². The maximum absolute atomic E-state index is 12.7. The zero-order valence-corrected chi connectivity index (χ0v) is 17.2. The minimum absolute atomic E-state index is 0.0926. The quantitative estimate of drug-likeness (QED) is 0.428. The van der Waals surface area contributed by atoms with Crippen molar-refractivity contribution in [3.63, 3.8) is 0 Å². The lowest BCUT2D eigenvalue weighted by atomic mass is 9.98. The average Bonchev–Trinajstić information content (AvgIpc) is 2.78. The van der Waals surface area contributed by atoms with E-state index in [-0.39, 0.29) is 18.4 Å². The molecule has 0 spiro atoms. The van der Waals surface area contributed by atoms with E-state index in [1.165, 1.54) is 7.11 Å². The molecule has 0 aromatic heterocycles. The van der Waals surface area contributed by atoms with Crippen LogP contribution in [0, 0.1) is 0 Å². The molecule has 0 unspecified atom stereocenters. The molecule has 0 radical (unpaired) electrons. The fourth-order valence-corrected chi connectivity index (χ4v) is 3.44. The van der Waals surface area contributed by atoms with Crippen LogP contribution in [0.3, 0.4) is 0 Å². The Morgan fingerprint density at radius 1 is 1.03 bits per heavy atom. The second kappa shape index (κ2) is 11.0. The number of rotatable bonds is 4. The second-order valence-electron chi connectivity index (χ2n) is 7.15. The van der Waals surface area contributed by atoms with Gasteiger partial charge in [0.15, 0.2) is 24.6 Å². The standard InChI is InChI=1S/C22H26O9/c1-27-22-20(31-21(26)14-9-5-4-6-10-14)19-18(15(13-23)28-22)29-16(24)11-7-2-3-8-12-17(25)30-19/h2-6,9-10,15,18-20,22-23H,7-8,11-13H2,1H3/t15-,18-,19+,20+,22+/m1/s1. The number of esters is 3. The lowest BCUT2D eigenvalue weighted by Crippen LogP contribution is -2.62. The molecule has 9 heteroatoms. The lowest BCUT2D eigenvalue weighted by Gasteiger charge is -2.43. The number of ether oxygens (including phenoxy) is 5. The first-order valence-corrected chi connectivity index (χ1v) is 10.1. The Bertz CT molecular complexity index is 791. The molecule has 1 saturated heterocycles. The molecule has 2 heterocycles. The van der Waals surface area contributed by atoms with E-state index in [0.717, 1.165) is 0 Å². The minimum atomic E-state index is -1.22. The van der Waals surface area contributed by atoms with Crippen LogP contribution in [0.2, 0.25) is 0 Å². The molecule has 3 rings (SSSR count). The summed E-state index contributed by atoms with van der Waals surface area (Å²) in [6.07, 6.45) is -1.13. The van der Waals surface area contributed by atoms with Crippen molar-refractivity contribution in [2.75, 3.05) is 13.7 Å². The fraction of sp³-hybridized carbons (Fsp3) is 0.500. The highest BCUT2D eigenvalue weighted by atomic mass is 16.7. The van der Waals surface area contributed by atoms with E-state index in [4.69, 9.17) is 23.7 Å². The number of allylic oxidation sites excluding steroid dienone is 2. The topological polar surface area (TPSA) is 118 Å². The van der Waals surface area contributed by atoms with Gasteiger partial charge in [0, 0.05) is 20.0 Å². The first-order chi connectivity index (χ1) is 15.0. The SMILES string of the molecule is CO[C@H]1O[C@H](CO)[C@H]2OC(=O)CCC=CCCC(=O)O[C@@H]2[C@@H]1OC(=O)c1ccccc1. The van der Waals surface area contributed by atoms with Crippen LogP contribution in [0.4, 0.5) is 0 Å². The Labute approximate surface area is 179 Å². The summed E-state index contributed by atoms with van der Waals surface area (Å²) in [7, 11) is 1.33. The molecule has 31 heavy (non-hydrogen) atoms. The van der Waals surface area contributed by atoms with Gasteiger partial charge >= 0.3 is 17.9 Å². The first-order valence-electron chi connectivity index (χ1n) is 10.1. The maximum Gasteiger partial charge on any atom is 0.338 e. The second-order valence-corrected chi connectivity index (χ2v) is 7.15. The van der Waals surface area contributed by atoms with Crippen LogP contribution in [0.25, 0.3) is 0 Å². The molecule has 2 aliphatic heterocycles. The van der Waals surface area contributed by atoms with Crippen LogP contribution in [0.5, 0.6) is 0 Å². The number of benzene rings is 1. The molecular formula is C22H26O9. The molecule has 1 fully saturated rings. The molecule has 0 amide bonds. The van der Waals surface area contributed by atoms with Crippen LogP contribution in [-0.4, -0.2) is 67.4 Å². The summed E-state index contributed by atoms with van der Waals surface area (Å²) in [5.74, 6) is -1.80. The normalized spacial score (nSPS) is 29.5. The molecule has 1 aromatic carbocycles. The Morgan fingerprint density at radius 2 is 1.65 bits per heavy atom. The molecule has 0 aliphatic carbocycles. The van der Waals surface area contributed by atoms with Gasteiger partial charge in [0.25, 0.3) is 0 Å². The van der Waals surface area contributed by atoms with Gasteiger partial charge in [-0.25, -0.2) is 4.79 Å². The van der Waals surface area contributed by atoms with Crippen LogP contribution in [-0.2, 0) is 33.3 Å². The lowest BCUT2D eigenvalue weighted by molar-refractivity contribution is -0.298. The highest BCUT2D eigenvalue weighted by Gasteiger charge is 2.52. The number of hydrogen-bond donors (Lipinski definition) is 1. The Balaban J connectivity index is 1.92. The third kappa shape index (κ3) is 5.90. The predicted molar refractivity (Wildman–Crippen MR) is 106 cm³/mol. The van der Waals surface area contributed by atoms with Crippen LogP contribution >= 0.6 is 0 Å². The van der Waals surface area contributed by atoms with Crippen molar-refractivity contribution in [3.8, 4) is 0 Å². The van der Waals surface area contributed by atoms with E-state index in [9.17, 15) is 19.5 Å². The van der Waals surface area contributed by atoms with Gasteiger partial charge in [0.1, 0.15) is 6.10 Å². The molecular weight excluding hydrogens is 408 g/mol. The molecule has 1 aromatic rings. The van der Waals surface area contributed by atoms with Crippen molar-refractivity contribution in [1.82, 2.24) is 0 Å². The molecule has 1 N–H and O–H groups in total. The van der Waals surface area contributed by atoms with Crippen LogP contribution in [0.1, 0.15) is 36.0 Å². The molecule has 9 nitrogen and oxygen atoms in total. The predicted octanol–water partition coefficient (Wildman–Crippen LogP) is 1.53. The summed E-state index contributed by atoms with van der Waals surface area (Å²) in [5, 5.41) is 9.80. The van der Waals surface area contributed by atoms with Gasteiger partial charge in [-0.2, -0.15) is 0 Å². The fourth-order valence-electron chi connectivity index (χ4n) is 3.44. The minimum Gasteiger partial charge on any atom is -0.455 e. The van der Waals surface area contributed by atoms with Crippen molar-refractivity contribution >= 4 is 17.9 Å². The summed E-state index contributed by atoms with van der Waals surface area (Å²) < 4.78 is 27.7. The van der Waals surface area contributed by atoms with E-state index in [1.54, 1.807) is 42.5 Å². The van der Waals surface area contributed by atoms with Crippen LogP contribution in [0.15, 0.2) is 42.5 Å². The van der Waals surface area contributed by atoms with E-state index >= 15 is 0 Å². The highest BCUT2D eigenvalue weighted by molar-refractivity contribution is 5.89. The summed E-state index contributed by atoms with van der Waals surface area (Å²) >= 11 is 0. The van der Waals surface area contributed by atoms with Crippen molar-refractivity contribution < 1.29 is 43.2 Å². The van der Waals surface area contributed by atoms with Gasteiger partial charge in [-0.1, -0.05) is 30.4 Å². The van der Waals surface area contributed by atoms with Gasteiger partial charge < -0.3 is 28.8 Å².